The van der Waals surface area contributed by atoms with E-state index in [-0.39, 0.29) is 17.4 Å². The lowest BCUT2D eigenvalue weighted by Gasteiger charge is -2.36. The molecule has 1 amide bonds. The minimum absolute atomic E-state index is 0.0548. The van der Waals surface area contributed by atoms with Gasteiger partial charge in [-0.3, -0.25) is 9.59 Å². The molecule has 0 atom stereocenters. The van der Waals surface area contributed by atoms with E-state index in [1.165, 1.54) is 4.68 Å². The molecular formula is C17H26N4O3. The topological polar surface area (TPSA) is 67.7 Å². The van der Waals surface area contributed by atoms with E-state index in [0.717, 1.165) is 38.0 Å². The van der Waals surface area contributed by atoms with Gasteiger partial charge in [0.05, 0.1) is 25.1 Å². The third-order valence-corrected chi connectivity index (χ3v) is 4.82. The van der Waals surface area contributed by atoms with Gasteiger partial charge in [0.25, 0.3) is 5.56 Å². The molecule has 0 saturated carbocycles. The number of anilines is 1. The van der Waals surface area contributed by atoms with Crippen LogP contribution in [0.5, 0.6) is 0 Å². The Labute approximate surface area is 142 Å². The predicted octanol–water partition coefficient (Wildman–Crippen LogP) is 0.729. The molecule has 2 fully saturated rings. The zero-order valence-corrected chi connectivity index (χ0v) is 14.3. The highest BCUT2D eigenvalue weighted by Gasteiger charge is 2.29. The normalized spacial score (nSPS) is 19.5. The van der Waals surface area contributed by atoms with Crippen molar-refractivity contribution in [3.63, 3.8) is 0 Å². The minimum Gasteiger partial charge on any atom is -0.378 e. The third kappa shape index (κ3) is 3.77. The SMILES string of the molecule is CCCn1ncc(N2CCC(C(=O)N3CCOCC3)CC2)cc1=O. The number of carbonyl (C=O) groups excluding carboxylic acids is 1. The predicted molar refractivity (Wildman–Crippen MR) is 91.1 cm³/mol. The smallest absolute Gasteiger partial charge is 0.268 e. The average Bonchev–Trinajstić information content (AvgIpc) is 2.64. The number of ether oxygens (including phenoxy) is 1. The van der Waals surface area contributed by atoms with Crippen molar-refractivity contribution in [3.8, 4) is 0 Å². The first-order valence-corrected chi connectivity index (χ1v) is 8.87. The zero-order chi connectivity index (χ0) is 16.9. The molecule has 0 aromatic carbocycles. The van der Waals surface area contributed by atoms with E-state index < -0.39 is 0 Å². The summed E-state index contributed by atoms with van der Waals surface area (Å²) in [5.74, 6) is 0.349. The fraction of sp³-hybridized carbons (Fsp3) is 0.706. The molecule has 1 aromatic heterocycles. The van der Waals surface area contributed by atoms with Crippen LogP contribution in [0.2, 0.25) is 0 Å². The Balaban J connectivity index is 1.57. The Bertz CT molecular complexity index is 617. The molecule has 24 heavy (non-hydrogen) atoms. The van der Waals surface area contributed by atoms with E-state index in [0.29, 0.717) is 32.8 Å². The number of aromatic nitrogens is 2. The maximum atomic E-state index is 12.6. The number of piperidine rings is 1. The largest absolute Gasteiger partial charge is 0.378 e. The fourth-order valence-corrected chi connectivity index (χ4v) is 3.40. The van der Waals surface area contributed by atoms with Gasteiger partial charge in [-0.2, -0.15) is 5.10 Å². The van der Waals surface area contributed by atoms with Crippen molar-refractivity contribution >= 4 is 11.6 Å². The standard InChI is InChI=1S/C17H26N4O3/c1-2-5-21-16(22)12-15(13-18-21)19-6-3-14(4-7-19)17(23)20-8-10-24-11-9-20/h12-14H,2-11H2,1H3. The van der Waals surface area contributed by atoms with E-state index in [4.69, 9.17) is 4.74 Å². The summed E-state index contributed by atoms with van der Waals surface area (Å²) in [6.07, 6.45) is 4.31. The van der Waals surface area contributed by atoms with Crippen molar-refractivity contribution in [2.45, 2.75) is 32.7 Å². The van der Waals surface area contributed by atoms with E-state index in [1.807, 2.05) is 11.8 Å². The first-order chi connectivity index (χ1) is 11.7. The summed E-state index contributed by atoms with van der Waals surface area (Å²) in [6, 6.07) is 1.66. The molecule has 2 aliphatic heterocycles. The van der Waals surface area contributed by atoms with Gasteiger partial charge in [-0.1, -0.05) is 6.92 Å². The molecule has 2 saturated heterocycles. The second kappa shape index (κ2) is 7.79. The molecule has 3 rings (SSSR count). The zero-order valence-electron chi connectivity index (χ0n) is 14.3. The number of nitrogens with zero attached hydrogens (tertiary/aromatic N) is 4. The van der Waals surface area contributed by atoms with Gasteiger partial charge >= 0.3 is 0 Å². The molecule has 0 unspecified atom stereocenters. The van der Waals surface area contributed by atoms with Crippen LogP contribution in [0.3, 0.4) is 0 Å². The summed E-state index contributed by atoms with van der Waals surface area (Å²) in [5, 5.41) is 4.24. The van der Waals surface area contributed by atoms with Crippen molar-refractivity contribution in [1.29, 1.82) is 0 Å². The van der Waals surface area contributed by atoms with Crippen LogP contribution in [0, 0.1) is 5.92 Å². The number of aryl methyl sites for hydroxylation is 1. The lowest BCUT2D eigenvalue weighted by molar-refractivity contribution is -0.140. The first kappa shape index (κ1) is 17.0. The number of carbonyl (C=O) groups is 1. The molecule has 0 spiro atoms. The Morgan fingerprint density at radius 1 is 1.25 bits per heavy atom. The molecule has 3 heterocycles. The van der Waals surface area contributed by atoms with Gasteiger partial charge in [0.1, 0.15) is 0 Å². The quantitative estimate of drug-likeness (QED) is 0.812. The molecule has 0 radical (unpaired) electrons. The van der Waals surface area contributed by atoms with Crippen LogP contribution in [-0.2, 0) is 16.1 Å². The molecule has 2 aliphatic rings. The van der Waals surface area contributed by atoms with Gasteiger partial charge in [-0.15, -0.1) is 0 Å². The third-order valence-electron chi connectivity index (χ3n) is 4.82. The molecule has 7 heteroatoms. The maximum Gasteiger partial charge on any atom is 0.268 e. The fourth-order valence-electron chi connectivity index (χ4n) is 3.40. The van der Waals surface area contributed by atoms with Crippen LogP contribution in [0.1, 0.15) is 26.2 Å². The summed E-state index contributed by atoms with van der Waals surface area (Å²) in [6.45, 7) is 6.96. The number of amides is 1. The summed E-state index contributed by atoms with van der Waals surface area (Å²) >= 11 is 0. The average molecular weight is 334 g/mol. The van der Waals surface area contributed by atoms with E-state index in [2.05, 4.69) is 10.00 Å². The Kier molecular flexibility index (Phi) is 5.50. The van der Waals surface area contributed by atoms with Crippen LogP contribution < -0.4 is 10.5 Å². The summed E-state index contributed by atoms with van der Waals surface area (Å²) in [4.78, 5) is 28.7. The van der Waals surface area contributed by atoms with Gasteiger partial charge in [0.15, 0.2) is 0 Å². The van der Waals surface area contributed by atoms with Crippen molar-refractivity contribution in [3.05, 3.63) is 22.6 Å². The number of morpholine rings is 1. The van der Waals surface area contributed by atoms with E-state index in [9.17, 15) is 9.59 Å². The molecule has 0 bridgehead atoms. The Hall–Kier alpha value is -1.89. The lowest BCUT2D eigenvalue weighted by Crippen LogP contribution is -2.47. The highest BCUT2D eigenvalue weighted by Crippen LogP contribution is 2.23. The monoisotopic (exact) mass is 334 g/mol. The lowest BCUT2D eigenvalue weighted by atomic mass is 9.95. The summed E-state index contributed by atoms with van der Waals surface area (Å²) < 4.78 is 6.81. The van der Waals surface area contributed by atoms with Gasteiger partial charge in [-0.25, -0.2) is 4.68 Å². The van der Waals surface area contributed by atoms with Crippen molar-refractivity contribution in [1.82, 2.24) is 14.7 Å². The van der Waals surface area contributed by atoms with E-state index >= 15 is 0 Å². The van der Waals surface area contributed by atoms with Crippen LogP contribution in [-0.4, -0.2) is 60.0 Å². The van der Waals surface area contributed by atoms with Crippen LogP contribution in [0.15, 0.2) is 17.1 Å². The van der Waals surface area contributed by atoms with Crippen LogP contribution in [0.4, 0.5) is 5.69 Å². The Morgan fingerprint density at radius 2 is 1.96 bits per heavy atom. The second-order valence-electron chi connectivity index (χ2n) is 6.47. The molecule has 0 N–H and O–H groups in total. The highest BCUT2D eigenvalue weighted by atomic mass is 16.5. The number of rotatable bonds is 4. The first-order valence-electron chi connectivity index (χ1n) is 8.87. The highest BCUT2D eigenvalue weighted by molar-refractivity contribution is 5.79. The Morgan fingerprint density at radius 3 is 2.58 bits per heavy atom. The van der Waals surface area contributed by atoms with Gasteiger partial charge in [0, 0.05) is 44.7 Å². The van der Waals surface area contributed by atoms with Crippen LogP contribution in [0.25, 0.3) is 0 Å². The van der Waals surface area contributed by atoms with Gasteiger partial charge < -0.3 is 14.5 Å². The second-order valence-corrected chi connectivity index (χ2v) is 6.47. The van der Waals surface area contributed by atoms with Crippen molar-refractivity contribution in [2.75, 3.05) is 44.3 Å². The number of hydrogen-bond donors (Lipinski definition) is 0. The number of hydrogen-bond acceptors (Lipinski definition) is 5. The minimum atomic E-state index is -0.0548. The van der Waals surface area contributed by atoms with Crippen molar-refractivity contribution < 1.29 is 9.53 Å². The molecular weight excluding hydrogens is 308 g/mol. The van der Waals surface area contributed by atoms with E-state index in [1.54, 1.807) is 12.3 Å². The van der Waals surface area contributed by atoms with Crippen LogP contribution >= 0.6 is 0 Å². The molecule has 1 aromatic rings. The molecule has 132 valence electrons. The summed E-state index contributed by atoms with van der Waals surface area (Å²) in [5.41, 5.74) is 0.811. The molecule has 0 aliphatic carbocycles. The molecule has 7 nitrogen and oxygen atoms in total. The van der Waals surface area contributed by atoms with Crippen molar-refractivity contribution in [2.24, 2.45) is 5.92 Å². The maximum absolute atomic E-state index is 12.6. The van der Waals surface area contributed by atoms with Gasteiger partial charge in [0.2, 0.25) is 5.91 Å². The van der Waals surface area contributed by atoms with Gasteiger partial charge in [-0.05, 0) is 19.3 Å². The summed E-state index contributed by atoms with van der Waals surface area (Å²) in [7, 11) is 0.